The number of imidazole rings is 1. The molecule has 0 amide bonds. The summed E-state index contributed by atoms with van der Waals surface area (Å²) in [7, 11) is -3.70. The molecule has 20 heavy (non-hydrogen) atoms. The van der Waals surface area contributed by atoms with Gasteiger partial charge in [0.15, 0.2) is 5.03 Å². The molecule has 0 saturated carbocycles. The highest BCUT2D eigenvalue weighted by Crippen LogP contribution is 2.27. The monoisotopic (exact) mass is 295 g/mol. The highest BCUT2D eigenvalue weighted by Gasteiger charge is 2.18. The zero-order valence-electron chi connectivity index (χ0n) is 11.5. The Labute approximate surface area is 118 Å². The van der Waals surface area contributed by atoms with Crippen LogP contribution < -0.4 is 9.46 Å². The van der Waals surface area contributed by atoms with Gasteiger partial charge in [0.2, 0.25) is 0 Å². The van der Waals surface area contributed by atoms with Crippen molar-refractivity contribution in [2.75, 3.05) is 4.72 Å². The van der Waals surface area contributed by atoms with E-state index in [9.17, 15) is 8.42 Å². The minimum Gasteiger partial charge on any atom is -0.489 e. The van der Waals surface area contributed by atoms with E-state index in [4.69, 9.17) is 4.74 Å². The Kier molecular flexibility index (Phi) is 3.99. The Hall–Kier alpha value is -2.02. The number of nitrogens with one attached hydrogen (secondary N) is 2. The van der Waals surface area contributed by atoms with Crippen molar-refractivity contribution in [2.24, 2.45) is 0 Å². The zero-order chi connectivity index (χ0) is 14.8. The van der Waals surface area contributed by atoms with Gasteiger partial charge in [0, 0.05) is 0 Å². The smallest absolute Gasteiger partial charge is 0.279 e. The maximum Gasteiger partial charge on any atom is 0.279 e. The SMILES string of the molecule is Cc1ncc(S(=O)(=O)Nc2ccccc2OC(C)C)[nH]1. The normalized spacial score (nSPS) is 11.6. The van der Waals surface area contributed by atoms with Crippen LogP contribution in [-0.2, 0) is 10.0 Å². The molecule has 0 aliphatic rings. The number of sulfonamides is 1. The largest absolute Gasteiger partial charge is 0.489 e. The van der Waals surface area contributed by atoms with Gasteiger partial charge in [-0.3, -0.25) is 4.72 Å². The fourth-order valence-corrected chi connectivity index (χ4v) is 2.68. The lowest BCUT2D eigenvalue weighted by Crippen LogP contribution is -2.15. The summed E-state index contributed by atoms with van der Waals surface area (Å²) in [5.74, 6) is 1.03. The van der Waals surface area contributed by atoms with Crippen LogP contribution in [-0.4, -0.2) is 24.5 Å². The molecule has 1 heterocycles. The average Bonchev–Trinajstić information content (AvgIpc) is 2.78. The van der Waals surface area contributed by atoms with Crippen LogP contribution in [0.2, 0.25) is 0 Å². The van der Waals surface area contributed by atoms with E-state index in [-0.39, 0.29) is 11.1 Å². The van der Waals surface area contributed by atoms with Gasteiger partial charge in [-0.2, -0.15) is 8.42 Å². The van der Waals surface area contributed by atoms with E-state index in [1.807, 2.05) is 13.8 Å². The Morgan fingerprint density at radius 2 is 2.00 bits per heavy atom. The number of para-hydroxylation sites is 2. The van der Waals surface area contributed by atoms with E-state index >= 15 is 0 Å². The number of anilines is 1. The summed E-state index contributed by atoms with van der Waals surface area (Å²) in [6, 6.07) is 6.90. The number of hydrogen-bond acceptors (Lipinski definition) is 4. The first-order valence-electron chi connectivity index (χ1n) is 6.18. The maximum atomic E-state index is 12.2. The second-order valence-electron chi connectivity index (χ2n) is 4.60. The standard InChI is InChI=1S/C13H17N3O3S/c1-9(2)19-12-7-5-4-6-11(12)16-20(17,18)13-8-14-10(3)15-13/h4-9,16H,1-3H3,(H,14,15). The van der Waals surface area contributed by atoms with Gasteiger partial charge >= 0.3 is 0 Å². The Morgan fingerprint density at radius 1 is 1.30 bits per heavy atom. The van der Waals surface area contributed by atoms with E-state index in [1.165, 1.54) is 6.20 Å². The molecule has 2 rings (SSSR count). The van der Waals surface area contributed by atoms with Gasteiger partial charge in [-0.05, 0) is 32.9 Å². The highest BCUT2D eigenvalue weighted by atomic mass is 32.2. The van der Waals surface area contributed by atoms with Crippen LogP contribution in [0.15, 0.2) is 35.5 Å². The first-order chi connectivity index (χ1) is 9.38. The van der Waals surface area contributed by atoms with Crippen LogP contribution in [0.5, 0.6) is 5.75 Å². The molecule has 0 saturated heterocycles. The highest BCUT2D eigenvalue weighted by molar-refractivity contribution is 7.92. The van der Waals surface area contributed by atoms with Crippen molar-refractivity contribution in [3.8, 4) is 5.75 Å². The number of ether oxygens (including phenoxy) is 1. The second-order valence-corrected chi connectivity index (χ2v) is 6.25. The average molecular weight is 295 g/mol. The topological polar surface area (TPSA) is 84.1 Å². The summed E-state index contributed by atoms with van der Waals surface area (Å²) >= 11 is 0. The third-order valence-electron chi connectivity index (χ3n) is 2.46. The van der Waals surface area contributed by atoms with E-state index in [1.54, 1.807) is 31.2 Å². The van der Waals surface area contributed by atoms with Crippen LogP contribution in [0.3, 0.4) is 0 Å². The fourth-order valence-electron chi connectivity index (χ4n) is 1.64. The molecule has 0 aliphatic heterocycles. The molecule has 1 aromatic heterocycles. The number of nitrogens with zero attached hydrogens (tertiary/aromatic N) is 1. The van der Waals surface area contributed by atoms with E-state index in [0.717, 1.165) is 0 Å². The van der Waals surface area contributed by atoms with E-state index in [0.29, 0.717) is 17.3 Å². The van der Waals surface area contributed by atoms with Crippen molar-refractivity contribution in [2.45, 2.75) is 31.9 Å². The number of benzene rings is 1. The van der Waals surface area contributed by atoms with Gasteiger partial charge in [-0.1, -0.05) is 12.1 Å². The lowest BCUT2D eigenvalue weighted by Gasteiger charge is -2.15. The molecular formula is C13H17N3O3S. The minimum absolute atomic E-state index is 0.0225. The van der Waals surface area contributed by atoms with Crippen molar-refractivity contribution in [1.29, 1.82) is 0 Å². The molecule has 0 spiro atoms. The molecule has 2 aromatic rings. The van der Waals surface area contributed by atoms with Crippen LogP contribution in [0.4, 0.5) is 5.69 Å². The van der Waals surface area contributed by atoms with E-state index < -0.39 is 10.0 Å². The predicted molar refractivity (Wildman–Crippen MR) is 76.3 cm³/mol. The summed E-state index contributed by atoms with van der Waals surface area (Å²) in [6.07, 6.45) is 1.24. The van der Waals surface area contributed by atoms with Crippen LogP contribution in [0.25, 0.3) is 0 Å². The molecule has 108 valence electrons. The first kappa shape index (κ1) is 14.4. The molecule has 0 atom stereocenters. The van der Waals surface area contributed by atoms with Crippen LogP contribution in [0, 0.1) is 6.92 Å². The number of aryl methyl sites for hydroxylation is 1. The third-order valence-corrected chi connectivity index (χ3v) is 3.74. The zero-order valence-corrected chi connectivity index (χ0v) is 12.4. The lowest BCUT2D eigenvalue weighted by atomic mass is 10.3. The number of aromatic nitrogens is 2. The van der Waals surface area contributed by atoms with Crippen LogP contribution in [0.1, 0.15) is 19.7 Å². The van der Waals surface area contributed by atoms with Gasteiger partial charge in [0.05, 0.1) is 18.0 Å². The van der Waals surface area contributed by atoms with Crippen molar-refractivity contribution < 1.29 is 13.2 Å². The fraction of sp³-hybridized carbons (Fsp3) is 0.308. The molecule has 2 N–H and O–H groups in total. The molecule has 6 nitrogen and oxygen atoms in total. The molecule has 0 unspecified atom stereocenters. The Morgan fingerprint density at radius 3 is 2.60 bits per heavy atom. The first-order valence-corrected chi connectivity index (χ1v) is 7.67. The maximum absolute atomic E-state index is 12.2. The molecule has 0 fully saturated rings. The molecule has 0 radical (unpaired) electrons. The summed E-state index contributed by atoms with van der Waals surface area (Å²) in [5, 5.41) is 0.0225. The summed E-state index contributed by atoms with van der Waals surface area (Å²) in [5.41, 5.74) is 0.397. The van der Waals surface area contributed by atoms with Gasteiger partial charge in [0.1, 0.15) is 11.6 Å². The van der Waals surface area contributed by atoms with Crippen molar-refractivity contribution in [3.63, 3.8) is 0 Å². The number of hydrogen-bond donors (Lipinski definition) is 2. The predicted octanol–water partition coefficient (Wildman–Crippen LogP) is 2.31. The van der Waals surface area contributed by atoms with Crippen LogP contribution >= 0.6 is 0 Å². The van der Waals surface area contributed by atoms with Crippen molar-refractivity contribution in [3.05, 3.63) is 36.3 Å². The van der Waals surface area contributed by atoms with Gasteiger partial charge in [-0.25, -0.2) is 4.98 Å². The quantitative estimate of drug-likeness (QED) is 0.886. The Bertz CT molecular complexity index is 692. The minimum atomic E-state index is -3.70. The summed E-state index contributed by atoms with van der Waals surface area (Å²) in [6.45, 7) is 5.45. The number of rotatable bonds is 5. The second kappa shape index (κ2) is 5.54. The summed E-state index contributed by atoms with van der Waals surface area (Å²) in [4.78, 5) is 6.58. The third kappa shape index (κ3) is 3.30. The number of aromatic amines is 1. The number of H-pyrrole nitrogens is 1. The van der Waals surface area contributed by atoms with E-state index in [2.05, 4.69) is 14.7 Å². The van der Waals surface area contributed by atoms with Gasteiger partial charge in [0.25, 0.3) is 10.0 Å². The molecule has 0 aliphatic carbocycles. The van der Waals surface area contributed by atoms with Gasteiger partial charge < -0.3 is 9.72 Å². The molecule has 0 bridgehead atoms. The molecular weight excluding hydrogens is 278 g/mol. The Balaban J connectivity index is 2.30. The van der Waals surface area contributed by atoms with Crippen molar-refractivity contribution in [1.82, 2.24) is 9.97 Å². The van der Waals surface area contributed by atoms with Gasteiger partial charge in [-0.15, -0.1) is 0 Å². The summed E-state index contributed by atoms with van der Waals surface area (Å²) < 4.78 is 32.5. The van der Waals surface area contributed by atoms with Crippen molar-refractivity contribution >= 4 is 15.7 Å². The molecule has 1 aromatic carbocycles. The lowest BCUT2D eigenvalue weighted by molar-refractivity contribution is 0.244. The molecule has 7 heteroatoms.